The van der Waals surface area contributed by atoms with Gasteiger partial charge in [-0.2, -0.15) is 4.98 Å². The van der Waals surface area contributed by atoms with Crippen LogP contribution in [0.5, 0.6) is 11.5 Å². The summed E-state index contributed by atoms with van der Waals surface area (Å²) in [7, 11) is 1.62. The molecular weight excluding hydrogens is 438 g/mol. The molecule has 2 N–H and O–H groups in total. The molecule has 0 radical (unpaired) electrons. The number of allylic oxidation sites excluding steroid dienone is 1. The molecule has 9 heteroatoms. The van der Waals surface area contributed by atoms with Gasteiger partial charge in [-0.1, -0.05) is 49.0 Å². The Labute approximate surface area is 197 Å². The molecule has 1 aliphatic heterocycles. The molecule has 0 fully saturated rings. The number of para-hydroxylation sites is 3. The second kappa shape index (κ2) is 9.99. The molecule has 0 spiro atoms. The van der Waals surface area contributed by atoms with E-state index in [1.807, 2.05) is 69.3 Å². The van der Waals surface area contributed by atoms with E-state index in [0.717, 1.165) is 11.3 Å². The number of hydrogen-bond donors (Lipinski definition) is 2. The predicted octanol–water partition coefficient (Wildman–Crippen LogP) is 4.73. The molecular formula is C24H27N5O3S. The number of hydrogen-bond acceptors (Lipinski definition) is 7. The van der Waals surface area contributed by atoms with E-state index >= 15 is 0 Å². The number of fused-ring (bicyclic) bond motifs is 1. The molecule has 0 bridgehead atoms. The summed E-state index contributed by atoms with van der Waals surface area (Å²) < 4.78 is 13.1. The number of nitrogens with one attached hydrogen (secondary N) is 2. The number of rotatable bonds is 8. The van der Waals surface area contributed by atoms with Gasteiger partial charge < -0.3 is 20.1 Å². The molecule has 0 saturated carbocycles. The van der Waals surface area contributed by atoms with Crippen molar-refractivity contribution in [3.05, 3.63) is 65.4 Å². The Hall–Kier alpha value is -3.46. The summed E-state index contributed by atoms with van der Waals surface area (Å²) in [6.45, 7) is 6.33. The maximum atomic E-state index is 13.7. The second-order valence-corrected chi connectivity index (χ2v) is 8.52. The second-order valence-electron chi connectivity index (χ2n) is 7.29. The molecule has 8 nitrogen and oxygen atoms in total. The minimum Gasteiger partial charge on any atom is -0.496 e. The Morgan fingerprint density at radius 1 is 1.15 bits per heavy atom. The van der Waals surface area contributed by atoms with E-state index < -0.39 is 6.04 Å². The highest BCUT2D eigenvalue weighted by molar-refractivity contribution is 7.99. The van der Waals surface area contributed by atoms with E-state index in [0.29, 0.717) is 46.2 Å². The van der Waals surface area contributed by atoms with Gasteiger partial charge in [0.25, 0.3) is 5.91 Å². The minimum atomic E-state index is -0.518. The van der Waals surface area contributed by atoms with Crippen molar-refractivity contribution in [2.24, 2.45) is 0 Å². The van der Waals surface area contributed by atoms with Crippen molar-refractivity contribution < 1.29 is 14.3 Å². The maximum absolute atomic E-state index is 13.7. The zero-order valence-electron chi connectivity index (χ0n) is 19.1. The van der Waals surface area contributed by atoms with Gasteiger partial charge in [-0.15, -0.1) is 5.10 Å². The summed E-state index contributed by atoms with van der Waals surface area (Å²) in [5.74, 6) is 2.46. The third-order valence-corrected chi connectivity index (χ3v) is 5.94. The lowest BCUT2D eigenvalue weighted by molar-refractivity contribution is -0.113. The highest BCUT2D eigenvalue weighted by Crippen LogP contribution is 2.40. The molecule has 172 valence electrons. The van der Waals surface area contributed by atoms with Crippen LogP contribution in [0.4, 0.5) is 11.6 Å². The lowest BCUT2D eigenvalue weighted by Crippen LogP contribution is -2.31. The van der Waals surface area contributed by atoms with Crippen molar-refractivity contribution >= 4 is 29.3 Å². The lowest BCUT2D eigenvalue weighted by Gasteiger charge is -2.29. The van der Waals surface area contributed by atoms with Crippen LogP contribution in [-0.4, -0.2) is 40.1 Å². The standard InChI is InChI=1S/C24H27N5O3S/c1-5-32-19-14-10-8-12-17(19)26-22(30)20-15(3)25-23-27-24(33-6-2)28-29(23)21(20)16-11-7-9-13-18(16)31-4/h7-14,21H,5-6H2,1-4H3,(H,26,30)(H,25,27,28). The first kappa shape index (κ1) is 22.7. The average molecular weight is 466 g/mol. The van der Waals surface area contributed by atoms with Crippen LogP contribution in [0.2, 0.25) is 0 Å². The molecule has 2 heterocycles. The SMILES string of the molecule is CCOc1ccccc1NC(=O)C1=C(C)Nc2nc(SCC)nn2C1c1ccccc1OC. The third-order valence-electron chi connectivity index (χ3n) is 5.22. The van der Waals surface area contributed by atoms with Crippen LogP contribution in [-0.2, 0) is 4.79 Å². The van der Waals surface area contributed by atoms with E-state index in [1.165, 1.54) is 0 Å². The minimum absolute atomic E-state index is 0.256. The van der Waals surface area contributed by atoms with Gasteiger partial charge in [0.15, 0.2) is 0 Å². The summed E-state index contributed by atoms with van der Waals surface area (Å²) in [5, 5.41) is 11.6. The average Bonchev–Trinajstić information content (AvgIpc) is 3.21. The van der Waals surface area contributed by atoms with Crippen LogP contribution in [0.3, 0.4) is 0 Å². The van der Waals surface area contributed by atoms with Crippen molar-refractivity contribution in [3.8, 4) is 11.5 Å². The van der Waals surface area contributed by atoms with Gasteiger partial charge >= 0.3 is 0 Å². The molecule has 33 heavy (non-hydrogen) atoms. The quantitative estimate of drug-likeness (QED) is 0.465. The van der Waals surface area contributed by atoms with Gasteiger partial charge in [-0.3, -0.25) is 4.79 Å². The number of anilines is 2. The number of carbonyl (C=O) groups excluding carboxylic acids is 1. The molecule has 1 amide bonds. The van der Waals surface area contributed by atoms with Crippen molar-refractivity contribution in [3.63, 3.8) is 0 Å². The van der Waals surface area contributed by atoms with Crippen LogP contribution in [0, 0.1) is 0 Å². The number of ether oxygens (including phenoxy) is 2. The van der Waals surface area contributed by atoms with Crippen LogP contribution in [0.1, 0.15) is 32.4 Å². The topological polar surface area (TPSA) is 90.3 Å². The van der Waals surface area contributed by atoms with Gasteiger partial charge in [-0.25, -0.2) is 4.68 Å². The predicted molar refractivity (Wildman–Crippen MR) is 130 cm³/mol. The lowest BCUT2D eigenvalue weighted by atomic mass is 9.94. The fourth-order valence-corrected chi connectivity index (χ4v) is 4.39. The fourth-order valence-electron chi connectivity index (χ4n) is 3.84. The fraction of sp³-hybridized carbons (Fsp3) is 0.292. The van der Waals surface area contributed by atoms with Crippen LogP contribution in [0.15, 0.2) is 65.0 Å². The van der Waals surface area contributed by atoms with Gasteiger partial charge in [-0.05, 0) is 37.8 Å². The summed E-state index contributed by atoms with van der Waals surface area (Å²) in [6, 6.07) is 14.5. The first-order valence-electron chi connectivity index (χ1n) is 10.8. The molecule has 2 aromatic carbocycles. The molecule has 0 aliphatic carbocycles. The largest absolute Gasteiger partial charge is 0.496 e. The summed E-state index contributed by atoms with van der Waals surface area (Å²) >= 11 is 1.55. The summed E-state index contributed by atoms with van der Waals surface area (Å²) in [4.78, 5) is 18.3. The Bertz CT molecular complexity index is 1190. The van der Waals surface area contributed by atoms with Crippen LogP contribution >= 0.6 is 11.8 Å². The summed E-state index contributed by atoms with van der Waals surface area (Å²) in [5.41, 5.74) is 2.65. The molecule has 1 aliphatic rings. The number of benzene rings is 2. The molecule has 3 aromatic rings. The van der Waals surface area contributed by atoms with E-state index in [2.05, 4.69) is 15.6 Å². The number of thioether (sulfide) groups is 1. The highest BCUT2D eigenvalue weighted by atomic mass is 32.2. The number of methoxy groups -OCH3 is 1. The Morgan fingerprint density at radius 2 is 1.88 bits per heavy atom. The van der Waals surface area contributed by atoms with Crippen molar-refractivity contribution in [1.29, 1.82) is 0 Å². The molecule has 1 aromatic heterocycles. The van der Waals surface area contributed by atoms with E-state index in [-0.39, 0.29) is 5.91 Å². The Morgan fingerprint density at radius 3 is 2.61 bits per heavy atom. The first-order valence-corrected chi connectivity index (χ1v) is 11.8. The first-order chi connectivity index (χ1) is 16.1. The van der Waals surface area contributed by atoms with Crippen LogP contribution < -0.4 is 20.1 Å². The maximum Gasteiger partial charge on any atom is 0.255 e. The smallest absolute Gasteiger partial charge is 0.255 e. The van der Waals surface area contributed by atoms with Gasteiger partial charge in [0.05, 0.1) is 25.0 Å². The Balaban J connectivity index is 1.80. The highest BCUT2D eigenvalue weighted by Gasteiger charge is 2.36. The zero-order chi connectivity index (χ0) is 23.4. The molecule has 0 saturated heterocycles. The van der Waals surface area contributed by atoms with E-state index in [9.17, 15) is 4.79 Å². The van der Waals surface area contributed by atoms with Gasteiger partial charge in [0.1, 0.15) is 17.5 Å². The molecule has 1 atom stereocenters. The van der Waals surface area contributed by atoms with Crippen molar-refractivity contribution in [2.75, 3.05) is 30.1 Å². The van der Waals surface area contributed by atoms with Crippen molar-refractivity contribution in [1.82, 2.24) is 14.8 Å². The molecule has 4 rings (SSSR count). The van der Waals surface area contributed by atoms with Gasteiger partial charge in [0, 0.05) is 11.3 Å². The van der Waals surface area contributed by atoms with Crippen LogP contribution in [0.25, 0.3) is 0 Å². The third kappa shape index (κ3) is 4.54. The van der Waals surface area contributed by atoms with E-state index in [1.54, 1.807) is 23.6 Å². The normalized spacial score (nSPS) is 15.0. The number of amides is 1. The number of aromatic nitrogens is 3. The Kier molecular flexibility index (Phi) is 6.88. The zero-order valence-corrected chi connectivity index (χ0v) is 19.9. The number of carbonyl (C=O) groups is 1. The van der Waals surface area contributed by atoms with E-state index in [4.69, 9.17) is 14.6 Å². The van der Waals surface area contributed by atoms with Crippen molar-refractivity contribution in [2.45, 2.75) is 32.0 Å². The monoisotopic (exact) mass is 465 g/mol. The van der Waals surface area contributed by atoms with Gasteiger partial charge in [0.2, 0.25) is 11.1 Å². The summed E-state index contributed by atoms with van der Waals surface area (Å²) in [6.07, 6.45) is 0. The molecule has 1 unspecified atom stereocenters. The number of nitrogens with zero attached hydrogens (tertiary/aromatic N) is 3.